The lowest BCUT2D eigenvalue weighted by Gasteiger charge is -2.23. The Morgan fingerprint density at radius 3 is 3.27 bits per heavy atom. The number of aromatic amines is 1. The molecule has 78 valence electrons. The highest BCUT2D eigenvalue weighted by Gasteiger charge is 2.22. The van der Waals surface area contributed by atoms with Crippen LogP contribution in [0, 0.1) is 4.77 Å². The molecule has 0 spiro atoms. The molecule has 1 unspecified atom stereocenters. The average Bonchev–Trinajstić information content (AvgIpc) is 2.85. The molecule has 2 heterocycles. The molecule has 15 heavy (non-hydrogen) atoms. The number of nitrogens with one attached hydrogen (secondary N) is 1. The third-order valence-corrected chi connectivity index (χ3v) is 4.36. The van der Waals surface area contributed by atoms with Crippen LogP contribution in [0.5, 0.6) is 0 Å². The lowest BCUT2D eigenvalue weighted by molar-refractivity contribution is 0.490. The summed E-state index contributed by atoms with van der Waals surface area (Å²) < 4.78 is 3.01. The second-order valence-electron chi connectivity index (χ2n) is 3.88. The number of aromatic nitrogens is 2. The van der Waals surface area contributed by atoms with Gasteiger partial charge in [0.2, 0.25) is 0 Å². The van der Waals surface area contributed by atoms with Crippen molar-refractivity contribution >= 4 is 23.6 Å². The second kappa shape index (κ2) is 3.61. The van der Waals surface area contributed by atoms with Crippen molar-refractivity contribution in [2.45, 2.75) is 25.3 Å². The fourth-order valence-electron chi connectivity index (χ4n) is 2.33. The van der Waals surface area contributed by atoms with Crippen LogP contribution < -0.4 is 0 Å². The van der Waals surface area contributed by atoms with Gasteiger partial charge < -0.3 is 9.55 Å². The van der Waals surface area contributed by atoms with Gasteiger partial charge in [-0.2, -0.15) is 0 Å². The maximum Gasteiger partial charge on any atom is 0.177 e. The number of rotatable bonds is 1. The molecule has 3 rings (SSSR count). The Hall–Kier alpha value is -0.870. The molecule has 0 amide bonds. The summed E-state index contributed by atoms with van der Waals surface area (Å²) in [6.07, 6.45) is 7.69. The van der Waals surface area contributed by atoms with E-state index in [-0.39, 0.29) is 0 Å². The summed E-state index contributed by atoms with van der Waals surface area (Å²) in [7, 11) is 0. The number of hydrogen-bond acceptors (Lipinski definition) is 2. The van der Waals surface area contributed by atoms with Crippen LogP contribution in [0.15, 0.2) is 23.8 Å². The van der Waals surface area contributed by atoms with Crippen molar-refractivity contribution < 1.29 is 0 Å². The predicted molar refractivity (Wildman–Crippen MR) is 65.0 cm³/mol. The van der Waals surface area contributed by atoms with E-state index in [1.807, 2.05) is 17.5 Å². The van der Waals surface area contributed by atoms with Crippen molar-refractivity contribution in [1.82, 2.24) is 9.55 Å². The number of hydrogen-bond donors (Lipinski definition) is 1. The van der Waals surface area contributed by atoms with Crippen molar-refractivity contribution in [2.24, 2.45) is 0 Å². The third-order valence-electron chi connectivity index (χ3n) is 3.03. The Morgan fingerprint density at radius 1 is 1.53 bits per heavy atom. The van der Waals surface area contributed by atoms with Crippen LogP contribution in [-0.2, 0) is 6.42 Å². The molecule has 0 radical (unpaired) electrons. The summed E-state index contributed by atoms with van der Waals surface area (Å²) in [6.45, 7) is 0. The molecule has 2 nitrogen and oxygen atoms in total. The maximum atomic E-state index is 5.28. The quantitative estimate of drug-likeness (QED) is 0.751. The van der Waals surface area contributed by atoms with Gasteiger partial charge >= 0.3 is 0 Å². The highest BCUT2D eigenvalue weighted by atomic mass is 32.1. The standard InChI is InChI=1S/C11H12N2S2/c14-11-12-5-6-13(11)9-2-1-3-10-8(9)4-7-15-10/h4-7,9H,1-3H2,(H,12,14). The Labute approximate surface area is 97.6 Å². The predicted octanol–water partition coefficient (Wildman–Crippen LogP) is 3.53. The molecule has 0 saturated carbocycles. The van der Waals surface area contributed by atoms with Gasteiger partial charge in [0.25, 0.3) is 0 Å². The van der Waals surface area contributed by atoms with E-state index in [4.69, 9.17) is 12.2 Å². The van der Waals surface area contributed by atoms with E-state index in [0.717, 1.165) is 4.77 Å². The van der Waals surface area contributed by atoms with Gasteiger partial charge in [-0.1, -0.05) is 0 Å². The third kappa shape index (κ3) is 1.48. The van der Waals surface area contributed by atoms with Crippen molar-refractivity contribution in [1.29, 1.82) is 0 Å². The first kappa shape index (κ1) is 9.36. The largest absolute Gasteiger partial charge is 0.337 e. The van der Waals surface area contributed by atoms with Gasteiger partial charge in [-0.25, -0.2) is 0 Å². The van der Waals surface area contributed by atoms with E-state index in [1.54, 1.807) is 0 Å². The molecule has 0 aliphatic heterocycles. The van der Waals surface area contributed by atoms with E-state index in [0.29, 0.717) is 6.04 Å². The normalized spacial score (nSPS) is 20.1. The first-order chi connectivity index (χ1) is 7.36. The summed E-state index contributed by atoms with van der Waals surface area (Å²) >= 11 is 7.15. The topological polar surface area (TPSA) is 20.7 Å². The summed E-state index contributed by atoms with van der Waals surface area (Å²) in [5, 5.41) is 2.19. The summed E-state index contributed by atoms with van der Waals surface area (Å²) in [4.78, 5) is 4.61. The zero-order valence-electron chi connectivity index (χ0n) is 8.27. The smallest absolute Gasteiger partial charge is 0.177 e. The molecule has 2 aromatic rings. The number of fused-ring (bicyclic) bond motifs is 1. The molecule has 0 fully saturated rings. The summed E-state index contributed by atoms with van der Waals surface area (Å²) in [6, 6.07) is 2.71. The molecule has 0 saturated heterocycles. The zero-order valence-corrected chi connectivity index (χ0v) is 9.90. The SMILES string of the molecule is S=c1[nH]ccn1C1CCCc2sccc21. The minimum atomic E-state index is 0.457. The first-order valence-electron chi connectivity index (χ1n) is 5.18. The highest BCUT2D eigenvalue weighted by molar-refractivity contribution is 7.71. The molecular formula is C11H12N2S2. The second-order valence-corrected chi connectivity index (χ2v) is 5.27. The van der Waals surface area contributed by atoms with Gasteiger partial charge in [-0.05, 0) is 48.5 Å². The van der Waals surface area contributed by atoms with Crippen LogP contribution in [0.2, 0.25) is 0 Å². The van der Waals surface area contributed by atoms with Crippen LogP contribution in [0.3, 0.4) is 0 Å². The number of aryl methyl sites for hydroxylation is 1. The first-order valence-corrected chi connectivity index (χ1v) is 6.47. The maximum absolute atomic E-state index is 5.28. The van der Waals surface area contributed by atoms with Gasteiger partial charge in [0.1, 0.15) is 0 Å². The Bertz CT molecular complexity index is 520. The van der Waals surface area contributed by atoms with Gasteiger partial charge in [0, 0.05) is 17.3 Å². The van der Waals surface area contributed by atoms with E-state index in [9.17, 15) is 0 Å². The molecule has 1 atom stereocenters. The lowest BCUT2D eigenvalue weighted by atomic mass is 9.94. The van der Waals surface area contributed by atoms with E-state index < -0.39 is 0 Å². The van der Waals surface area contributed by atoms with Crippen LogP contribution in [-0.4, -0.2) is 9.55 Å². The van der Waals surface area contributed by atoms with E-state index in [2.05, 4.69) is 27.2 Å². The van der Waals surface area contributed by atoms with Crippen LogP contribution in [0.25, 0.3) is 0 Å². The summed E-state index contributed by atoms with van der Waals surface area (Å²) in [5.74, 6) is 0. The fourth-order valence-corrected chi connectivity index (χ4v) is 3.56. The molecule has 2 aromatic heterocycles. The number of thiophene rings is 1. The molecule has 1 aliphatic carbocycles. The van der Waals surface area contributed by atoms with Gasteiger partial charge in [-0.3, -0.25) is 0 Å². The van der Waals surface area contributed by atoms with E-state index in [1.165, 1.54) is 29.7 Å². The van der Waals surface area contributed by atoms with E-state index >= 15 is 0 Å². The van der Waals surface area contributed by atoms with Gasteiger partial charge in [-0.15, -0.1) is 11.3 Å². The van der Waals surface area contributed by atoms with Gasteiger partial charge in [0.05, 0.1) is 6.04 Å². The monoisotopic (exact) mass is 236 g/mol. The minimum Gasteiger partial charge on any atom is -0.337 e. The molecular weight excluding hydrogens is 224 g/mol. The van der Waals surface area contributed by atoms with Crippen LogP contribution in [0.1, 0.15) is 29.3 Å². The van der Waals surface area contributed by atoms with Crippen LogP contribution >= 0.6 is 23.6 Å². The van der Waals surface area contributed by atoms with Crippen molar-refractivity contribution in [3.05, 3.63) is 39.1 Å². The van der Waals surface area contributed by atoms with Crippen molar-refractivity contribution in [3.8, 4) is 0 Å². The molecule has 1 aliphatic rings. The molecule has 1 N–H and O–H groups in total. The van der Waals surface area contributed by atoms with Crippen molar-refractivity contribution in [2.75, 3.05) is 0 Å². The number of nitrogens with zero attached hydrogens (tertiary/aromatic N) is 1. The van der Waals surface area contributed by atoms with Crippen molar-refractivity contribution in [3.63, 3.8) is 0 Å². The van der Waals surface area contributed by atoms with Crippen LogP contribution in [0.4, 0.5) is 0 Å². The number of H-pyrrole nitrogens is 1. The molecule has 0 aromatic carbocycles. The zero-order chi connectivity index (χ0) is 10.3. The fraction of sp³-hybridized carbons (Fsp3) is 0.364. The Balaban J connectivity index is 2.11. The lowest BCUT2D eigenvalue weighted by Crippen LogP contribution is -2.14. The Kier molecular flexibility index (Phi) is 2.25. The summed E-state index contributed by atoms with van der Waals surface area (Å²) in [5.41, 5.74) is 1.47. The van der Waals surface area contributed by atoms with Gasteiger partial charge in [0.15, 0.2) is 4.77 Å². The average molecular weight is 236 g/mol. The molecule has 4 heteroatoms. The molecule has 0 bridgehead atoms. The minimum absolute atomic E-state index is 0.457. The Morgan fingerprint density at radius 2 is 2.47 bits per heavy atom. The number of imidazole rings is 1. The highest BCUT2D eigenvalue weighted by Crippen LogP contribution is 2.35.